The predicted molar refractivity (Wildman–Crippen MR) is 139 cm³/mol. The van der Waals surface area contributed by atoms with E-state index in [-0.39, 0.29) is 0 Å². The number of hydrogen-bond donors (Lipinski definition) is 0. The number of aryl methyl sites for hydroxylation is 1. The SMILES string of the molecule is CCCCCCCC1CCC(c2ccc(C(=O)Oc3ccc(CCCC)cc3C#N)cc2)CC1. The quantitative estimate of drug-likeness (QED) is 0.181. The first-order valence-corrected chi connectivity index (χ1v) is 13.5. The van der Waals surface area contributed by atoms with Crippen LogP contribution in [0.3, 0.4) is 0 Å². The van der Waals surface area contributed by atoms with Crippen LogP contribution in [0.5, 0.6) is 5.75 Å². The molecular formula is C31H41NO2. The van der Waals surface area contributed by atoms with Crippen LogP contribution in [0, 0.1) is 17.2 Å². The topological polar surface area (TPSA) is 50.1 Å². The van der Waals surface area contributed by atoms with Crippen molar-refractivity contribution in [2.45, 2.75) is 103 Å². The molecule has 0 spiro atoms. The zero-order valence-electron chi connectivity index (χ0n) is 21.2. The summed E-state index contributed by atoms with van der Waals surface area (Å²) in [7, 11) is 0. The van der Waals surface area contributed by atoms with Gasteiger partial charge >= 0.3 is 5.97 Å². The average Bonchev–Trinajstić information content (AvgIpc) is 2.88. The Kier molecular flexibility index (Phi) is 10.7. The minimum Gasteiger partial charge on any atom is -0.422 e. The molecule has 1 aliphatic carbocycles. The Morgan fingerprint density at radius 1 is 0.912 bits per heavy atom. The van der Waals surface area contributed by atoms with Gasteiger partial charge < -0.3 is 4.74 Å². The van der Waals surface area contributed by atoms with E-state index in [1.54, 1.807) is 6.07 Å². The lowest BCUT2D eigenvalue weighted by Gasteiger charge is -2.29. The second kappa shape index (κ2) is 14.0. The maximum Gasteiger partial charge on any atom is 0.343 e. The number of esters is 1. The molecule has 3 rings (SSSR count). The van der Waals surface area contributed by atoms with Gasteiger partial charge in [-0.3, -0.25) is 0 Å². The van der Waals surface area contributed by atoms with E-state index in [0.717, 1.165) is 30.7 Å². The van der Waals surface area contributed by atoms with Crippen LogP contribution in [0.2, 0.25) is 0 Å². The average molecular weight is 460 g/mol. The van der Waals surface area contributed by atoms with E-state index in [9.17, 15) is 10.1 Å². The Labute approximate surface area is 206 Å². The van der Waals surface area contributed by atoms with Gasteiger partial charge in [0.05, 0.1) is 11.1 Å². The molecule has 0 N–H and O–H groups in total. The van der Waals surface area contributed by atoms with Crippen molar-refractivity contribution in [2.75, 3.05) is 0 Å². The Bertz CT molecular complexity index is 933. The molecule has 0 atom stereocenters. The van der Waals surface area contributed by atoms with Crippen molar-refractivity contribution in [1.82, 2.24) is 0 Å². The second-order valence-electron chi connectivity index (χ2n) is 9.98. The van der Waals surface area contributed by atoms with E-state index in [2.05, 4.69) is 32.0 Å². The summed E-state index contributed by atoms with van der Waals surface area (Å²) in [6.07, 6.45) is 16.5. The third-order valence-corrected chi connectivity index (χ3v) is 7.37. The second-order valence-corrected chi connectivity index (χ2v) is 9.98. The predicted octanol–water partition coefficient (Wildman–Crippen LogP) is 8.75. The molecule has 2 aromatic rings. The number of hydrogen-bond acceptors (Lipinski definition) is 3. The standard InChI is InChI=1S/C31H41NO2/c1-3-5-7-8-9-11-24-12-15-26(16-13-24)27-17-19-28(20-18-27)31(33)34-30-21-14-25(10-6-4-2)22-29(30)23-32/h14,17-22,24,26H,3-13,15-16H2,1-2H3. The summed E-state index contributed by atoms with van der Waals surface area (Å²) >= 11 is 0. The molecule has 0 aliphatic heterocycles. The van der Waals surface area contributed by atoms with Crippen LogP contribution in [0.25, 0.3) is 0 Å². The van der Waals surface area contributed by atoms with Gasteiger partial charge in [-0.05, 0) is 85.8 Å². The molecule has 0 aromatic heterocycles. The number of unbranched alkanes of at least 4 members (excludes halogenated alkanes) is 5. The molecule has 0 saturated heterocycles. The fourth-order valence-electron chi connectivity index (χ4n) is 5.16. The Morgan fingerprint density at radius 3 is 2.29 bits per heavy atom. The van der Waals surface area contributed by atoms with E-state index < -0.39 is 5.97 Å². The molecule has 3 heteroatoms. The van der Waals surface area contributed by atoms with E-state index in [1.165, 1.54) is 69.8 Å². The molecule has 182 valence electrons. The number of carbonyl (C=O) groups is 1. The van der Waals surface area contributed by atoms with Gasteiger partial charge in [0.15, 0.2) is 0 Å². The maximum absolute atomic E-state index is 12.7. The van der Waals surface area contributed by atoms with E-state index in [4.69, 9.17) is 4.74 Å². The largest absolute Gasteiger partial charge is 0.422 e. The smallest absolute Gasteiger partial charge is 0.343 e. The highest BCUT2D eigenvalue weighted by Gasteiger charge is 2.22. The van der Waals surface area contributed by atoms with Crippen molar-refractivity contribution in [3.63, 3.8) is 0 Å². The number of benzene rings is 2. The van der Waals surface area contributed by atoms with Gasteiger partial charge in [0, 0.05) is 0 Å². The number of nitrogens with zero attached hydrogens (tertiary/aromatic N) is 1. The van der Waals surface area contributed by atoms with Crippen LogP contribution in [0.1, 0.15) is 124 Å². The van der Waals surface area contributed by atoms with E-state index in [1.807, 2.05) is 24.3 Å². The molecule has 2 aromatic carbocycles. The summed E-state index contributed by atoms with van der Waals surface area (Å²) < 4.78 is 5.58. The molecule has 0 radical (unpaired) electrons. The summed E-state index contributed by atoms with van der Waals surface area (Å²) in [5.74, 6) is 1.43. The van der Waals surface area contributed by atoms with Crippen LogP contribution >= 0.6 is 0 Å². The molecular weight excluding hydrogens is 418 g/mol. The van der Waals surface area contributed by atoms with Gasteiger partial charge in [0.25, 0.3) is 0 Å². The van der Waals surface area contributed by atoms with E-state index >= 15 is 0 Å². The van der Waals surface area contributed by atoms with Crippen LogP contribution < -0.4 is 4.74 Å². The fraction of sp³-hybridized carbons (Fsp3) is 0.548. The molecule has 3 nitrogen and oxygen atoms in total. The van der Waals surface area contributed by atoms with Gasteiger partial charge in [0.2, 0.25) is 0 Å². The van der Waals surface area contributed by atoms with Gasteiger partial charge in [-0.15, -0.1) is 0 Å². The Morgan fingerprint density at radius 2 is 1.62 bits per heavy atom. The third kappa shape index (κ3) is 7.73. The zero-order chi connectivity index (χ0) is 24.2. The van der Waals surface area contributed by atoms with Crippen LogP contribution in [-0.2, 0) is 6.42 Å². The van der Waals surface area contributed by atoms with Gasteiger partial charge in [0.1, 0.15) is 11.8 Å². The summed E-state index contributed by atoms with van der Waals surface area (Å²) in [5.41, 5.74) is 3.38. The molecule has 0 heterocycles. The van der Waals surface area contributed by atoms with Crippen molar-refractivity contribution >= 4 is 5.97 Å². The highest BCUT2D eigenvalue weighted by atomic mass is 16.5. The number of nitriles is 1. The number of rotatable bonds is 12. The lowest BCUT2D eigenvalue weighted by molar-refractivity contribution is 0.0734. The number of ether oxygens (including phenoxy) is 1. The molecule has 0 unspecified atom stereocenters. The molecule has 0 bridgehead atoms. The van der Waals surface area contributed by atoms with Crippen molar-refractivity contribution in [2.24, 2.45) is 5.92 Å². The minimum absolute atomic E-state index is 0.338. The van der Waals surface area contributed by atoms with E-state index in [0.29, 0.717) is 22.8 Å². The fourth-order valence-corrected chi connectivity index (χ4v) is 5.16. The van der Waals surface area contributed by atoms with Gasteiger partial charge in [-0.1, -0.05) is 77.0 Å². The number of carbonyl (C=O) groups excluding carboxylic acids is 1. The highest BCUT2D eigenvalue weighted by molar-refractivity contribution is 5.91. The lowest BCUT2D eigenvalue weighted by atomic mass is 9.77. The normalized spacial score (nSPS) is 17.8. The summed E-state index contributed by atoms with van der Waals surface area (Å²) in [4.78, 5) is 12.7. The third-order valence-electron chi connectivity index (χ3n) is 7.37. The highest BCUT2D eigenvalue weighted by Crippen LogP contribution is 2.38. The first-order chi connectivity index (χ1) is 16.6. The first-order valence-electron chi connectivity index (χ1n) is 13.5. The zero-order valence-corrected chi connectivity index (χ0v) is 21.2. The summed E-state index contributed by atoms with van der Waals surface area (Å²) in [6.45, 7) is 4.42. The first kappa shape index (κ1) is 26.0. The van der Waals surface area contributed by atoms with Crippen molar-refractivity contribution in [3.05, 3.63) is 64.7 Å². The molecule has 1 saturated carbocycles. The van der Waals surface area contributed by atoms with Gasteiger partial charge in [-0.25, -0.2) is 4.79 Å². The van der Waals surface area contributed by atoms with Crippen LogP contribution in [0.4, 0.5) is 0 Å². The molecule has 1 aliphatic rings. The van der Waals surface area contributed by atoms with Crippen molar-refractivity contribution < 1.29 is 9.53 Å². The molecule has 0 amide bonds. The van der Waals surface area contributed by atoms with Crippen LogP contribution in [0.15, 0.2) is 42.5 Å². The lowest BCUT2D eigenvalue weighted by Crippen LogP contribution is -2.14. The molecule has 1 fully saturated rings. The molecule has 34 heavy (non-hydrogen) atoms. The Balaban J connectivity index is 1.50. The maximum atomic E-state index is 12.7. The summed E-state index contributed by atoms with van der Waals surface area (Å²) in [6, 6.07) is 15.6. The summed E-state index contributed by atoms with van der Waals surface area (Å²) in [5, 5.41) is 9.49. The minimum atomic E-state index is -0.406. The monoisotopic (exact) mass is 459 g/mol. The van der Waals surface area contributed by atoms with Gasteiger partial charge in [-0.2, -0.15) is 5.26 Å². The Hall–Kier alpha value is -2.60. The van der Waals surface area contributed by atoms with Crippen molar-refractivity contribution in [3.8, 4) is 11.8 Å². The van der Waals surface area contributed by atoms with Crippen LogP contribution in [-0.4, -0.2) is 5.97 Å². The van der Waals surface area contributed by atoms with Crippen molar-refractivity contribution in [1.29, 1.82) is 5.26 Å².